The smallest absolute Gasteiger partial charge is 0.161 e. The number of hydrogen-bond donors (Lipinski definition) is 0. The largest absolute Gasteiger partial charge is 0.493 e. The molecule has 0 saturated carbocycles. The highest BCUT2D eigenvalue weighted by atomic mass is 16.5. The highest BCUT2D eigenvalue weighted by molar-refractivity contribution is 5.75. The molecule has 0 aliphatic carbocycles. The lowest BCUT2D eigenvalue weighted by Gasteiger charge is -2.14. The summed E-state index contributed by atoms with van der Waals surface area (Å²) in [5, 5.41) is 0. The fourth-order valence-corrected chi connectivity index (χ4v) is 3.74. The van der Waals surface area contributed by atoms with Gasteiger partial charge in [0.05, 0.1) is 31.8 Å². The summed E-state index contributed by atoms with van der Waals surface area (Å²) in [6.45, 7) is 5.18. The summed E-state index contributed by atoms with van der Waals surface area (Å²) in [7, 11) is 3.28. The van der Waals surface area contributed by atoms with Gasteiger partial charge in [0.2, 0.25) is 0 Å². The van der Waals surface area contributed by atoms with Crippen molar-refractivity contribution in [3.8, 4) is 23.0 Å². The minimum Gasteiger partial charge on any atom is -0.493 e. The minimum atomic E-state index is 0.314. The molecule has 6 nitrogen and oxygen atoms in total. The van der Waals surface area contributed by atoms with Crippen molar-refractivity contribution in [3.05, 3.63) is 90.8 Å². The zero-order chi connectivity index (χ0) is 23.0. The topological polar surface area (TPSA) is 54.7 Å². The average molecular weight is 445 g/mol. The lowest BCUT2D eigenvalue weighted by Crippen LogP contribution is -2.13. The van der Waals surface area contributed by atoms with Gasteiger partial charge in [-0.25, -0.2) is 4.98 Å². The molecule has 4 rings (SSSR count). The molecule has 0 unspecified atom stereocenters. The van der Waals surface area contributed by atoms with Crippen LogP contribution in [0.25, 0.3) is 11.0 Å². The first-order chi connectivity index (χ1) is 16.2. The summed E-state index contributed by atoms with van der Waals surface area (Å²) in [6.07, 6.45) is 2.65. The zero-order valence-corrected chi connectivity index (χ0v) is 19.0. The number of benzene rings is 3. The molecule has 170 valence electrons. The van der Waals surface area contributed by atoms with Crippen LogP contribution >= 0.6 is 0 Å². The Kier molecular flexibility index (Phi) is 7.15. The number of nitrogens with zero attached hydrogens (tertiary/aromatic N) is 2. The van der Waals surface area contributed by atoms with E-state index in [1.165, 1.54) is 0 Å². The van der Waals surface area contributed by atoms with E-state index in [2.05, 4.69) is 17.2 Å². The summed E-state index contributed by atoms with van der Waals surface area (Å²) in [5.41, 5.74) is 3.08. The summed E-state index contributed by atoms with van der Waals surface area (Å²) >= 11 is 0. The maximum absolute atomic E-state index is 6.08. The van der Waals surface area contributed by atoms with Gasteiger partial charge in [-0.3, -0.25) is 0 Å². The van der Waals surface area contributed by atoms with E-state index in [4.69, 9.17) is 23.9 Å². The number of fused-ring (bicyclic) bond motifs is 1. The first-order valence-corrected chi connectivity index (χ1v) is 10.8. The molecule has 0 bridgehead atoms. The molecule has 33 heavy (non-hydrogen) atoms. The first-order valence-electron chi connectivity index (χ1n) is 10.8. The van der Waals surface area contributed by atoms with Crippen molar-refractivity contribution >= 4 is 11.0 Å². The van der Waals surface area contributed by atoms with Gasteiger partial charge in [-0.15, -0.1) is 6.58 Å². The van der Waals surface area contributed by atoms with E-state index in [1.54, 1.807) is 14.2 Å². The van der Waals surface area contributed by atoms with Crippen LogP contribution in [0.5, 0.6) is 23.0 Å². The Morgan fingerprint density at radius 1 is 0.848 bits per heavy atom. The van der Waals surface area contributed by atoms with E-state index in [1.807, 2.05) is 66.7 Å². The van der Waals surface area contributed by atoms with Gasteiger partial charge in [-0.05, 0) is 48.4 Å². The van der Waals surface area contributed by atoms with Crippen molar-refractivity contribution in [1.29, 1.82) is 0 Å². The van der Waals surface area contributed by atoms with Crippen LogP contribution in [0.4, 0.5) is 0 Å². The van der Waals surface area contributed by atoms with Gasteiger partial charge in [0.1, 0.15) is 19.0 Å². The molecule has 1 heterocycles. The third-order valence-corrected chi connectivity index (χ3v) is 5.34. The Morgan fingerprint density at radius 2 is 1.58 bits per heavy atom. The van der Waals surface area contributed by atoms with Crippen LogP contribution in [0, 0.1) is 0 Å². The van der Waals surface area contributed by atoms with Gasteiger partial charge in [0.25, 0.3) is 0 Å². The molecule has 0 fully saturated rings. The molecular weight excluding hydrogens is 416 g/mol. The second-order valence-corrected chi connectivity index (χ2v) is 7.43. The highest BCUT2D eigenvalue weighted by Gasteiger charge is 2.13. The molecule has 0 amide bonds. The molecule has 0 aliphatic heterocycles. The van der Waals surface area contributed by atoms with Gasteiger partial charge in [-0.1, -0.05) is 36.4 Å². The Bertz CT molecular complexity index is 1230. The Morgan fingerprint density at radius 3 is 2.36 bits per heavy atom. The summed E-state index contributed by atoms with van der Waals surface area (Å²) in [6, 6.07) is 21.6. The second-order valence-electron chi connectivity index (χ2n) is 7.43. The fraction of sp³-hybridized carbons (Fsp3) is 0.222. The van der Waals surface area contributed by atoms with Gasteiger partial charge < -0.3 is 23.5 Å². The zero-order valence-electron chi connectivity index (χ0n) is 19.0. The molecule has 3 aromatic carbocycles. The van der Waals surface area contributed by atoms with Crippen molar-refractivity contribution in [1.82, 2.24) is 9.55 Å². The second kappa shape index (κ2) is 10.6. The number of imidazole rings is 1. The molecule has 0 N–H and O–H groups in total. The van der Waals surface area contributed by atoms with Crippen LogP contribution in [0.3, 0.4) is 0 Å². The van der Waals surface area contributed by atoms with E-state index in [9.17, 15) is 0 Å². The fourth-order valence-electron chi connectivity index (χ4n) is 3.74. The molecule has 0 radical (unpaired) electrons. The lowest BCUT2D eigenvalue weighted by molar-refractivity contribution is 0.257. The minimum absolute atomic E-state index is 0.314. The monoisotopic (exact) mass is 444 g/mol. The molecule has 4 aromatic rings. The number of hydrogen-bond acceptors (Lipinski definition) is 5. The van der Waals surface area contributed by atoms with E-state index in [0.717, 1.165) is 28.8 Å². The standard InChI is InChI=1S/C27H28N2O4/c1-4-9-20-14-15-25(26(18-20)31-3)32-17-16-29-22-11-6-5-10-21(22)28-27(29)19-33-24-13-8-7-12-23(24)30-2/h4-8,10-15,18H,1,9,16-17,19H2,2-3H3. The Balaban J connectivity index is 1.51. The number of ether oxygens (including phenoxy) is 4. The highest BCUT2D eigenvalue weighted by Crippen LogP contribution is 2.29. The van der Waals surface area contributed by atoms with Crippen LogP contribution in [0.15, 0.2) is 79.4 Å². The average Bonchev–Trinajstić information content (AvgIpc) is 3.21. The third kappa shape index (κ3) is 5.12. The molecule has 6 heteroatoms. The number of aromatic nitrogens is 2. The first kappa shape index (κ1) is 22.3. The van der Waals surface area contributed by atoms with Gasteiger partial charge in [-0.2, -0.15) is 0 Å². The molecule has 0 aliphatic rings. The lowest BCUT2D eigenvalue weighted by atomic mass is 10.1. The molecular formula is C27H28N2O4. The maximum atomic E-state index is 6.08. The summed E-state index contributed by atoms with van der Waals surface area (Å²) < 4.78 is 25.2. The van der Waals surface area contributed by atoms with Crippen LogP contribution in [-0.2, 0) is 19.6 Å². The number of para-hydroxylation sites is 4. The number of allylic oxidation sites excluding steroid dienone is 1. The Hall–Kier alpha value is -3.93. The predicted molar refractivity (Wildman–Crippen MR) is 129 cm³/mol. The SMILES string of the molecule is C=CCc1ccc(OCCn2c(COc3ccccc3OC)nc3ccccc32)c(OC)c1. The quantitative estimate of drug-likeness (QED) is 0.288. The molecule has 0 spiro atoms. The Labute approximate surface area is 194 Å². The van der Waals surface area contributed by atoms with E-state index >= 15 is 0 Å². The summed E-state index contributed by atoms with van der Waals surface area (Å²) in [4.78, 5) is 4.78. The van der Waals surface area contributed by atoms with Crippen LogP contribution in [0.1, 0.15) is 11.4 Å². The molecule has 1 aromatic heterocycles. The van der Waals surface area contributed by atoms with E-state index < -0.39 is 0 Å². The third-order valence-electron chi connectivity index (χ3n) is 5.34. The van der Waals surface area contributed by atoms with Crippen molar-refractivity contribution in [2.45, 2.75) is 19.6 Å². The van der Waals surface area contributed by atoms with Crippen molar-refractivity contribution in [2.75, 3.05) is 20.8 Å². The molecule has 0 atom stereocenters. The van der Waals surface area contributed by atoms with E-state index in [0.29, 0.717) is 42.8 Å². The van der Waals surface area contributed by atoms with Gasteiger partial charge >= 0.3 is 0 Å². The normalized spacial score (nSPS) is 10.7. The van der Waals surface area contributed by atoms with Crippen LogP contribution < -0.4 is 18.9 Å². The van der Waals surface area contributed by atoms with Crippen molar-refractivity contribution in [3.63, 3.8) is 0 Å². The van der Waals surface area contributed by atoms with E-state index in [-0.39, 0.29) is 0 Å². The number of rotatable bonds is 11. The van der Waals surface area contributed by atoms with Crippen molar-refractivity contribution < 1.29 is 18.9 Å². The number of methoxy groups -OCH3 is 2. The molecule has 0 saturated heterocycles. The summed E-state index contributed by atoms with van der Waals surface area (Å²) in [5.74, 6) is 3.61. The van der Waals surface area contributed by atoms with Crippen LogP contribution in [-0.4, -0.2) is 30.4 Å². The predicted octanol–water partition coefficient (Wildman–Crippen LogP) is 5.44. The maximum Gasteiger partial charge on any atom is 0.161 e. The van der Waals surface area contributed by atoms with Gasteiger partial charge in [0.15, 0.2) is 23.0 Å². The van der Waals surface area contributed by atoms with Crippen LogP contribution in [0.2, 0.25) is 0 Å². The van der Waals surface area contributed by atoms with Gasteiger partial charge in [0, 0.05) is 0 Å². The van der Waals surface area contributed by atoms with Crippen molar-refractivity contribution in [2.24, 2.45) is 0 Å².